The van der Waals surface area contributed by atoms with Crippen LogP contribution in [0, 0.1) is 6.92 Å². The molecule has 0 aliphatic carbocycles. The van der Waals surface area contributed by atoms with Gasteiger partial charge in [0.1, 0.15) is 0 Å². The van der Waals surface area contributed by atoms with Gasteiger partial charge in [0.2, 0.25) is 0 Å². The van der Waals surface area contributed by atoms with Crippen LogP contribution in [0.2, 0.25) is 0 Å². The molecule has 0 saturated heterocycles. The van der Waals surface area contributed by atoms with Crippen molar-refractivity contribution in [3.63, 3.8) is 0 Å². The molecule has 1 aromatic rings. The average molecular weight is 210 g/mol. The fourth-order valence-corrected chi connectivity index (χ4v) is 1.98. The van der Waals surface area contributed by atoms with Gasteiger partial charge in [0.15, 0.2) is 0 Å². The Balaban J connectivity index is 3.18. The van der Waals surface area contributed by atoms with Crippen LogP contribution < -0.4 is 0 Å². The average Bonchev–Trinajstić information content (AvgIpc) is 2.18. The van der Waals surface area contributed by atoms with E-state index in [4.69, 9.17) is 0 Å². The molecule has 0 saturated carbocycles. The van der Waals surface area contributed by atoms with Gasteiger partial charge in [-0.1, -0.05) is 19.9 Å². The Morgan fingerprint density at radius 2 is 2.00 bits per heavy atom. The summed E-state index contributed by atoms with van der Waals surface area (Å²) in [4.78, 5) is 1.26. The van der Waals surface area contributed by atoms with Gasteiger partial charge in [-0.3, -0.25) is 0 Å². The van der Waals surface area contributed by atoms with Crippen LogP contribution >= 0.6 is 11.8 Å². The van der Waals surface area contributed by atoms with E-state index in [0.717, 1.165) is 0 Å². The van der Waals surface area contributed by atoms with Crippen molar-refractivity contribution in [2.75, 3.05) is 12.9 Å². The number of thioether (sulfide) groups is 1. The smallest absolute Gasteiger partial charge is 0.0522 e. The molecule has 0 aliphatic heterocycles. The molecule has 0 fully saturated rings. The van der Waals surface area contributed by atoms with Crippen LogP contribution in [0.1, 0.15) is 25.0 Å². The van der Waals surface area contributed by atoms with Crippen molar-refractivity contribution < 1.29 is 5.11 Å². The molecule has 2 heteroatoms. The SMILES string of the molecule is CSc1ccc(C)c(C(C)(C)CO)c1. The lowest BCUT2D eigenvalue weighted by atomic mass is 9.83. The minimum Gasteiger partial charge on any atom is -0.395 e. The van der Waals surface area contributed by atoms with Gasteiger partial charge in [0.25, 0.3) is 0 Å². The Kier molecular flexibility index (Phi) is 3.62. The largest absolute Gasteiger partial charge is 0.395 e. The van der Waals surface area contributed by atoms with E-state index < -0.39 is 0 Å². The van der Waals surface area contributed by atoms with Crippen molar-refractivity contribution in [3.05, 3.63) is 29.3 Å². The molecule has 0 atom stereocenters. The van der Waals surface area contributed by atoms with Gasteiger partial charge in [-0.15, -0.1) is 11.8 Å². The molecule has 1 aromatic carbocycles. The van der Waals surface area contributed by atoms with Gasteiger partial charge in [0.05, 0.1) is 6.61 Å². The summed E-state index contributed by atoms with van der Waals surface area (Å²) in [6, 6.07) is 6.42. The lowest BCUT2D eigenvalue weighted by Crippen LogP contribution is -2.23. The third-order valence-electron chi connectivity index (χ3n) is 2.57. The highest BCUT2D eigenvalue weighted by Gasteiger charge is 2.21. The molecule has 14 heavy (non-hydrogen) atoms. The minimum absolute atomic E-state index is 0.143. The predicted molar refractivity (Wildman–Crippen MR) is 63.1 cm³/mol. The molecular weight excluding hydrogens is 192 g/mol. The van der Waals surface area contributed by atoms with E-state index >= 15 is 0 Å². The molecule has 1 N–H and O–H groups in total. The number of hydrogen-bond acceptors (Lipinski definition) is 2. The van der Waals surface area contributed by atoms with Crippen molar-refractivity contribution in [2.45, 2.75) is 31.1 Å². The van der Waals surface area contributed by atoms with E-state index in [9.17, 15) is 5.11 Å². The molecule has 0 aromatic heterocycles. The van der Waals surface area contributed by atoms with E-state index in [0.29, 0.717) is 0 Å². The van der Waals surface area contributed by atoms with Crippen molar-refractivity contribution in [1.82, 2.24) is 0 Å². The first kappa shape index (κ1) is 11.6. The van der Waals surface area contributed by atoms with E-state index in [2.05, 4.69) is 45.2 Å². The van der Waals surface area contributed by atoms with Crippen LogP contribution in [0.25, 0.3) is 0 Å². The van der Waals surface area contributed by atoms with Crippen LogP contribution in [0.5, 0.6) is 0 Å². The van der Waals surface area contributed by atoms with Gasteiger partial charge >= 0.3 is 0 Å². The standard InChI is InChI=1S/C12H18OS/c1-9-5-6-10(14-4)7-11(9)12(2,3)8-13/h5-7,13H,8H2,1-4H3. The summed E-state index contributed by atoms with van der Waals surface area (Å²) in [5, 5.41) is 9.33. The lowest BCUT2D eigenvalue weighted by molar-refractivity contribution is 0.218. The number of benzene rings is 1. The van der Waals surface area contributed by atoms with Crippen molar-refractivity contribution in [2.24, 2.45) is 0 Å². The third kappa shape index (κ3) is 2.31. The van der Waals surface area contributed by atoms with Crippen LogP contribution in [0.3, 0.4) is 0 Å². The van der Waals surface area contributed by atoms with E-state index in [1.807, 2.05) is 0 Å². The monoisotopic (exact) mass is 210 g/mol. The van der Waals surface area contributed by atoms with Gasteiger partial charge in [0, 0.05) is 10.3 Å². The number of hydrogen-bond donors (Lipinski definition) is 1. The minimum atomic E-state index is -0.143. The highest BCUT2D eigenvalue weighted by Crippen LogP contribution is 2.29. The number of rotatable bonds is 3. The van der Waals surface area contributed by atoms with Crippen molar-refractivity contribution >= 4 is 11.8 Å². The summed E-state index contributed by atoms with van der Waals surface area (Å²) in [5.41, 5.74) is 2.35. The van der Waals surface area contributed by atoms with Crippen LogP contribution in [0.4, 0.5) is 0 Å². The molecule has 0 spiro atoms. The summed E-state index contributed by atoms with van der Waals surface area (Å²) in [6.45, 7) is 6.42. The zero-order chi connectivity index (χ0) is 10.8. The summed E-state index contributed by atoms with van der Waals surface area (Å²) in [5.74, 6) is 0. The van der Waals surface area contributed by atoms with Gasteiger partial charge in [-0.2, -0.15) is 0 Å². The van der Waals surface area contributed by atoms with E-state index in [1.54, 1.807) is 11.8 Å². The normalized spacial score (nSPS) is 11.8. The zero-order valence-corrected chi connectivity index (χ0v) is 10.1. The first-order valence-corrected chi connectivity index (χ1v) is 5.99. The molecule has 0 radical (unpaired) electrons. The second-order valence-electron chi connectivity index (χ2n) is 4.22. The molecule has 0 aliphatic rings. The Labute approximate surface area is 90.5 Å². The molecule has 0 bridgehead atoms. The topological polar surface area (TPSA) is 20.2 Å². The highest BCUT2D eigenvalue weighted by atomic mass is 32.2. The third-order valence-corrected chi connectivity index (χ3v) is 3.29. The fourth-order valence-electron chi connectivity index (χ4n) is 1.54. The van der Waals surface area contributed by atoms with Gasteiger partial charge < -0.3 is 5.11 Å². The second-order valence-corrected chi connectivity index (χ2v) is 5.10. The number of aryl methyl sites for hydroxylation is 1. The fraction of sp³-hybridized carbons (Fsp3) is 0.500. The Bertz CT molecular complexity index is 318. The van der Waals surface area contributed by atoms with Crippen molar-refractivity contribution in [3.8, 4) is 0 Å². The molecule has 0 heterocycles. The molecular formula is C12H18OS. The number of aliphatic hydroxyl groups excluding tert-OH is 1. The molecule has 0 amide bonds. The maximum absolute atomic E-state index is 9.33. The van der Waals surface area contributed by atoms with Crippen LogP contribution in [-0.2, 0) is 5.41 Å². The Hall–Kier alpha value is -0.470. The van der Waals surface area contributed by atoms with Crippen LogP contribution in [-0.4, -0.2) is 18.0 Å². The molecule has 1 rings (SSSR count). The molecule has 1 nitrogen and oxygen atoms in total. The Morgan fingerprint density at radius 1 is 1.36 bits per heavy atom. The predicted octanol–water partition coefficient (Wildman–Crippen LogP) is 2.99. The molecule has 0 unspecified atom stereocenters. The molecule has 78 valence electrons. The lowest BCUT2D eigenvalue weighted by Gasteiger charge is -2.25. The first-order chi connectivity index (χ1) is 6.51. The summed E-state index contributed by atoms with van der Waals surface area (Å²) < 4.78 is 0. The first-order valence-electron chi connectivity index (χ1n) is 4.77. The highest BCUT2D eigenvalue weighted by molar-refractivity contribution is 7.98. The summed E-state index contributed by atoms with van der Waals surface area (Å²) in [6.07, 6.45) is 2.07. The van der Waals surface area contributed by atoms with E-state index in [-0.39, 0.29) is 12.0 Å². The summed E-state index contributed by atoms with van der Waals surface area (Å²) >= 11 is 1.74. The van der Waals surface area contributed by atoms with Crippen LogP contribution in [0.15, 0.2) is 23.1 Å². The maximum atomic E-state index is 9.33. The zero-order valence-electron chi connectivity index (χ0n) is 9.29. The number of aliphatic hydroxyl groups is 1. The second kappa shape index (κ2) is 4.37. The van der Waals surface area contributed by atoms with Gasteiger partial charge in [-0.25, -0.2) is 0 Å². The quantitative estimate of drug-likeness (QED) is 0.774. The van der Waals surface area contributed by atoms with Crippen molar-refractivity contribution in [1.29, 1.82) is 0 Å². The summed E-state index contributed by atoms with van der Waals surface area (Å²) in [7, 11) is 0. The van der Waals surface area contributed by atoms with E-state index in [1.165, 1.54) is 16.0 Å². The maximum Gasteiger partial charge on any atom is 0.0522 e. The Morgan fingerprint density at radius 3 is 2.50 bits per heavy atom. The van der Waals surface area contributed by atoms with Gasteiger partial charge in [-0.05, 0) is 36.4 Å².